The van der Waals surface area contributed by atoms with Crippen molar-refractivity contribution in [2.24, 2.45) is 5.41 Å². The van der Waals surface area contributed by atoms with Crippen LogP contribution in [0.4, 0.5) is 17.6 Å². The van der Waals surface area contributed by atoms with Crippen LogP contribution in [-0.4, -0.2) is 51.1 Å². The molecule has 0 saturated carbocycles. The van der Waals surface area contributed by atoms with Gasteiger partial charge in [-0.3, -0.25) is 10.3 Å². The fourth-order valence-electron chi connectivity index (χ4n) is 5.14. The number of nitrogens with one attached hydrogen (secondary N) is 2. The van der Waals surface area contributed by atoms with Crippen LogP contribution in [0.25, 0.3) is 11.1 Å². The van der Waals surface area contributed by atoms with Gasteiger partial charge in [0.05, 0.1) is 29.2 Å². The summed E-state index contributed by atoms with van der Waals surface area (Å²) in [6, 6.07) is 2.07. The molecule has 4 heterocycles. The maximum Gasteiger partial charge on any atom is 0.229 e. The lowest BCUT2D eigenvalue weighted by Gasteiger charge is -2.36. The van der Waals surface area contributed by atoms with Crippen LogP contribution in [-0.2, 0) is 5.41 Å². The van der Waals surface area contributed by atoms with E-state index in [-0.39, 0.29) is 10.8 Å². The van der Waals surface area contributed by atoms with Gasteiger partial charge in [-0.2, -0.15) is 0 Å². The first-order valence-electron chi connectivity index (χ1n) is 11.6. The Morgan fingerprint density at radius 3 is 2.45 bits per heavy atom. The molecule has 8 nitrogen and oxygen atoms in total. The molecule has 6 rings (SSSR count). The van der Waals surface area contributed by atoms with Crippen molar-refractivity contribution >= 4 is 17.6 Å². The van der Waals surface area contributed by atoms with Crippen LogP contribution in [0.5, 0.6) is 0 Å². The molecule has 1 aliphatic heterocycles. The zero-order valence-electron chi connectivity index (χ0n) is 19.0. The predicted molar refractivity (Wildman–Crippen MR) is 129 cm³/mol. The largest absolute Gasteiger partial charge is 0.366 e. The van der Waals surface area contributed by atoms with E-state index >= 15 is 0 Å². The van der Waals surface area contributed by atoms with Crippen molar-refractivity contribution in [3.05, 3.63) is 60.5 Å². The van der Waals surface area contributed by atoms with Gasteiger partial charge in [-0.05, 0) is 35.4 Å². The third kappa shape index (κ3) is 3.45. The Balaban J connectivity index is 1.32. The highest BCUT2D eigenvalue weighted by Gasteiger charge is 2.46. The van der Waals surface area contributed by atoms with E-state index in [1.807, 2.05) is 31.0 Å². The Hall–Kier alpha value is -3.39. The second kappa shape index (κ2) is 7.59. The number of fused-ring (bicyclic) bond motifs is 5. The SMILES string of the molecule is CC1(C)C=CC2(CC1)c1cnccc1-c1cnc(Nc3ncc(N4CCNCC4)cn3)nc12. The Morgan fingerprint density at radius 1 is 0.909 bits per heavy atom. The quantitative estimate of drug-likeness (QED) is 0.599. The van der Waals surface area contributed by atoms with E-state index in [4.69, 9.17) is 4.98 Å². The number of hydrogen-bond acceptors (Lipinski definition) is 8. The highest BCUT2D eigenvalue weighted by atomic mass is 15.2. The summed E-state index contributed by atoms with van der Waals surface area (Å²) in [4.78, 5) is 25.4. The molecule has 33 heavy (non-hydrogen) atoms. The van der Waals surface area contributed by atoms with Crippen molar-refractivity contribution in [2.75, 3.05) is 36.4 Å². The molecule has 0 aromatic carbocycles. The normalized spacial score (nSPS) is 22.8. The molecule has 168 valence electrons. The van der Waals surface area contributed by atoms with Crippen molar-refractivity contribution in [3.63, 3.8) is 0 Å². The van der Waals surface area contributed by atoms with Crippen LogP contribution in [0.1, 0.15) is 37.9 Å². The summed E-state index contributed by atoms with van der Waals surface area (Å²) in [6.07, 6.45) is 16.2. The number of aromatic nitrogens is 5. The predicted octanol–water partition coefficient (Wildman–Crippen LogP) is 3.46. The highest BCUT2D eigenvalue weighted by molar-refractivity contribution is 5.80. The topological polar surface area (TPSA) is 91.8 Å². The van der Waals surface area contributed by atoms with Gasteiger partial charge in [0.2, 0.25) is 11.9 Å². The monoisotopic (exact) mass is 440 g/mol. The third-order valence-corrected chi connectivity index (χ3v) is 7.13. The molecule has 1 fully saturated rings. The first-order valence-corrected chi connectivity index (χ1v) is 11.6. The molecule has 1 atom stereocenters. The van der Waals surface area contributed by atoms with E-state index in [1.165, 1.54) is 11.1 Å². The Morgan fingerprint density at radius 2 is 1.70 bits per heavy atom. The average molecular weight is 441 g/mol. The van der Waals surface area contributed by atoms with E-state index in [1.54, 1.807) is 0 Å². The lowest BCUT2D eigenvalue weighted by Crippen LogP contribution is -2.43. The van der Waals surface area contributed by atoms with E-state index < -0.39 is 0 Å². The number of nitrogens with zero attached hydrogens (tertiary/aromatic N) is 6. The molecule has 3 aromatic heterocycles. The van der Waals surface area contributed by atoms with Gasteiger partial charge in [0.1, 0.15) is 0 Å². The van der Waals surface area contributed by atoms with Gasteiger partial charge in [-0.1, -0.05) is 26.0 Å². The van der Waals surface area contributed by atoms with E-state index in [2.05, 4.69) is 67.5 Å². The van der Waals surface area contributed by atoms with Crippen LogP contribution in [0.2, 0.25) is 0 Å². The summed E-state index contributed by atoms with van der Waals surface area (Å²) in [5.41, 5.74) is 5.46. The Labute approximate surface area is 193 Å². The molecular weight excluding hydrogens is 412 g/mol. The zero-order chi connectivity index (χ0) is 22.5. The standard InChI is InChI=1S/C25H28N8/c1-24(2)4-6-25(7-5-24)20-16-27-8-3-18(20)19-15-30-23(31-21(19)25)32-22-28-13-17(14-29-22)33-11-9-26-10-12-33/h3-4,6,8,13-16,26H,5,7,9-12H2,1-2H3,(H,28,29,30,31,32). The third-order valence-electron chi connectivity index (χ3n) is 7.13. The molecule has 0 bridgehead atoms. The minimum atomic E-state index is -0.263. The summed E-state index contributed by atoms with van der Waals surface area (Å²) in [5, 5.41) is 6.58. The summed E-state index contributed by atoms with van der Waals surface area (Å²) >= 11 is 0. The van der Waals surface area contributed by atoms with E-state index in [0.29, 0.717) is 11.9 Å². The van der Waals surface area contributed by atoms with Crippen molar-refractivity contribution in [3.8, 4) is 11.1 Å². The number of hydrogen-bond donors (Lipinski definition) is 2. The van der Waals surface area contributed by atoms with Crippen LogP contribution >= 0.6 is 0 Å². The number of pyridine rings is 1. The van der Waals surface area contributed by atoms with Gasteiger partial charge in [-0.15, -0.1) is 0 Å². The summed E-state index contributed by atoms with van der Waals surface area (Å²) in [6.45, 7) is 8.45. The Kier molecular flexibility index (Phi) is 4.65. The number of piperazine rings is 1. The minimum absolute atomic E-state index is 0.185. The van der Waals surface area contributed by atoms with Crippen LogP contribution in [0.3, 0.4) is 0 Å². The van der Waals surface area contributed by atoms with Crippen LogP contribution in [0, 0.1) is 5.41 Å². The van der Waals surface area contributed by atoms with Crippen molar-refractivity contribution in [1.82, 2.24) is 30.2 Å². The number of anilines is 3. The van der Waals surface area contributed by atoms with Crippen LogP contribution < -0.4 is 15.5 Å². The molecule has 0 amide bonds. The maximum atomic E-state index is 5.00. The lowest BCUT2D eigenvalue weighted by molar-refractivity contribution is 0.353. The van der Waals surface area contributed by atoms with Crippen LogP contribution in [0.15, 0.2) is 49.2 Å². The smallest absolute Gasteiger partial charge is 0.229 e. The molecule has 1 saturated heterocycles. The van der Waals surface area contributed by atoms with Gasteiger partial charge in [-0.25, -0.2) is 19.9 Å². The first kappa shape index (κ1) is 20.2. The van der Waals surface area contributed by atoms with Crippen molar-refractivity contribution in [1.29, 1.82) is 0 Å². The van der Waals surface area contributed by atoms with Crippen molar-refractivity contribution in [2.45, 2.75) is 32.1 Å². The number of rotatable bonds is 3. The molecule has 3 aromatic rings. The second-order valence-electron chi connectivity index (χ2n) is 9.80. The van der Waals surface area contributed by atoms with Gasteiger partial charge in [0.25, 0.3) is 0 Å². The molecule has 0 radical (unpaired) electrons. The second-order valence-corrected chi connectivity index (χ2v) is 9.80. The molecule has 8 heteroatoms. The maximum absolute atomic E-state index is 5.00. The van der Waals surface area contributed by atoms with E-state index in [9.17, 15) is 0 Å². The van der Waals surface area contributed by atoms with Gasteiger partial charge >= 0.3 is 0 Å². The van der Waals surface area contributed by atoms with Gasteiger partial charge in [0, 0.05) is 50.3 Å². The molecule has 2 N–H and O–H groups in total. The lowest BCUT2D eigenvalue weighted by atomic mass is 9.67. The minimum Gasteiger partial charge on any atom is -0.366 e. The highest BCUT2D eigenvalue weighted by Crippen LogP contribution is 2.54. The zero-order valence-corrected chi connectivity index (χ0v) is 19.0. The molecule has 3 aliphatic rings. The fraction of sp³-hybridized carbons (Fsp3) is 0.400. The molecular formula is C25H28N8. The number of allylic oxidation sites excluding steroid dienone is 2. The fourth-order valence-corrected chi connectivity index (χ4v) is 5.14. The summed E-state index contributed by atoms with van der Waals surface area (Å²) < 4.78 is 0. The van der Waals surface area contributed by atoms with Crippen molar-refractivity contribution < 1.29 is 0 Å². The molecule has 2 aliphatic carbocycles. The van der Waals surface area contributed by atoms with Gasteiger partial charge < -0.3 is 10.2 Å². The van der Waals surface area contributed by atoms with Gasteiger partial charge in [0.15, 0.2) is 0 Å². The summed E-state index contributed by atoms with van der Waals surface area (Å²) in [5.74, 6) is 1.02. The average Bonchev–Trinajstić information content (AvgIpc) is 3.12. The van der Waals surface area contributed by atoms with E-state index in [0.717, 1.165) is 56.0 Å². The first-order chi connectivity index (χ1) is 16.0. The molecule has 1 unspecified atom stereocenters. The summed E-state index contributed by atoms with van der Waals surface area (Å²) in [7, 11) is 0. The Bertz CT molecular complexity index is 1210. The molecule has 1 spiro atoms.